The second-order valence-electron chi connectivity index (χ2n) is 4.20. The predicted molar refractivity (Wildman–Crippen MR) is 78.5 cm³/mol. The fourth-order valence-corrected chi connectivity index (χ4v) is 2.86. The lowest BCUT2D eigenvalue weighted by atomic mass is 10.2. The molecule has 0 radical (unpaired) electrons. The van der Waals surface area contributed by atoms with Crippen molar-refractivity contribution < 1.29 is 8.42 Å². The first-order valence-corrected chi connectivity index (χ1v) is 7.73. The first kappa shape index (κ1) is 15.8. The van der Waals surface area contributed by atoms with Crippen molar-refractivity contribution in [3.8, 4) is 12.3 Å². The van der Waals surface area contributed by atoms with Gasteiger partial charge in [-0.1, -0.05) is 11.6 Å². The maximum atomic E-state index is 12.0. The van der Waals surface area contributed by atoms with Crippen LogP contribution >= 0.6 is 11.6 Å². The van der Waals surface area contributed by atoms with Crippen molar-refractivity contribution in [2.24, 2.45) is 0 Å². The Kier molecular flexibility index (Phi) is 5.67. The first-order valence-electron chi connectivity index (χ1n) is 5.87. The highest BCUT2D eigenvalue weighted by Gasteiger charge is 2.16. The van der Waals surface area contributed by atoms with Gasteiger partial charge in [0.25, 0.3) is 0 Å². The molecule has 0 fully saturated rings. The van der Waals surface area contributed by atoms with E-state index in [1.165, 1.54) is 12.1 Å². The van der Waals surface area contributed by atoms with Gasteiger partial charge in [-0.2, -0.15) is 0 Å². The van der Waals surface area contributed by atoms with E-state index < -0.39 is 10.0 Å². The van der Waals surface area contributed by atoms with E-state index in [-0.39, 0.29) is 10.6 Å². The number of halogens is 1. The molecule has 0 unspecified atom stereocenters. The van der Waals surface area contributed by atoms with E-state index in [2.05, 4.69) is 10.6 Å². The van der Waals surface area contributed by atoms with Gasteiger partial charge in [0.15, 0.2) is 0 Å². The molecule has 0 saturated carbocycles. The van der Waals surface area contributed by atoms with Crippen molar-refractivity contribution in [3.63, 3.8) is 0 Å². The number of hydrogen-bond acceptors (Lipinski definition) is 3. The number of benzene rings is 1. The highest BCUT2D eigenvalue weighted by Crippen LogP contribution is 2.26. The van der Waals surface area contributed by atoms with Crippen molar-refractivity contribution in [2.45, 2.75) is 31.1 Å². The molecule has 0 amide bonds. The highest BCUT2D eigenvalue weighted by atomic mass is 35.5. The fraction of sp³-hybridized carbons (Fsp3) is 0.385. The van der Waals surface area contributed by atoms with Gasteiger partial charge in [-0.25, -0.2) is 13.1 Å². The van der Waals surface area contributed by atoms with Crippen LogP contribution in [-0.2, 0) is 10.0 Å². The molecule has 0 aromatic heterocycles. The van der Waals surface area contributed by atoms with Gasteiger partial charge in [0.2, 0.25) is 10.0 Å². The van der Waals surface area contributed by atoms with E-state index in [0.717, 1.165) is 6.42 Å². The highest BCUT2D eigenvalue weighted by molar-refractivity contribution is 7.89. The third kappa shape index (κ3) is 4.43. The Morgan fingerprint density at radius 2 is 2.11 bits per heavy atom. The lowest BCUT2D eigenvalue weighted by Gasteiger charge is -2.09. The molecule has 104 valence electrons. The van der Waals surface area contributed by atoms with Crippen LogP contribution in [0, 0.1) is 19.3 Å². The van der Waals surface area contributed by atoms with Gasteiger partial charge in [-0.3, -0.25) is 0 Å². The molecule has 0 saturated heterocycles. The predicted octanol–water partition coefficient (Wildman–Crippen LogP) is 2.31. The van der Waals surface area contributed by atoms with Gasteiger partial charge in [-0.05, 0) is 37.5 Å². The zero-order chi connectivity index (χ0) is 14.5. The van der Waals surface area contributed by atoms with Crippen LogP contribution < -0.4 is 10.5 Å². The lowest BCUT2D eigenvalue weighted by molar-refractivity contribution is 0.577. The van der Waals surface area contributed by atoms with Crippen LogP contribution in [0.15, 0.2) is 17.0 Å². The molecular formula is C13H17ClN2O2S. The number of terminal acetylenes is 1. The van der Waals surface area contributed by atoms with Crippen molar-refractivity contribution in [1.29, 1.82) is 0 Å². The largest absolute Gasteiger partial charge is 0.397 e. The molecule has 1 rings (SSSR count). The summed E-state index contributed by atoms with van der Waals surface area (Å²) in [6, 6.07) is 2.86. The molecular weight excluding hydrogens is 284 g/mol. The summed E-state index contributed by atoms with van der Waals surface area (Å²) in [5.41, 5.74) is 6.56. The Morgan fingerprint density at radius 3 is 2.68 bits per heavy atom. The van der Waals surface area contributed by atoms with E-state index in [1.54, 1.807) is 6.92 Å². The Morgan fingerprint density at radius 1 is 1.42 bits per heavy atom. The number of nitrogen functional groups attached to an aromatic ring is 1. The summed E-state index contributed by atoms with van der Waals surface area (Å²) in [6.45, 7) is 2.07. The number of aryl methyl sites for hydroxylation is 1. The minimum absolute atomic E-state index is 0.129. The summed E-state index contributed by atoms with van der Waals surface area (Å²) in [6.07, 6.45) is 7.26. The zero-order valence-corrected chi connectivity index (χ0v) is 12.3. The van der Waals surface area contributed by atoms with Gasteiger partial charge in [0.1, 0.15) is 0 Å². The van der Waals surface area contributed by atoms with Crippen LogP contribution in [0.4, 0.5) is 5.69 Å². The van der Waals surface area contributed by atoms with Crippen molar-refractivity contribution in [1.82, 2.24) is 4.72 Å². The van der Waals surface area contributed by atoms with Gasteiger partial charge in [0.05, 0.1) is 15.6 Å². The first-order chi connectivity index (χ1) is 8.88. The van der Waals surface area contributed by atoms with Crippen LogP contribution in [0.25, 0.3) is 0 Å². The van der Waals surface area contributed by atoms with Crippen molar-refractivity contribution in [3.05, 3.63) is 22.7 Å². The van der Waals surface area contributed by atoms with E-state index in [9.17, 15) is 8.42 Å². The van der Waals surface area contributed by atoms with E-state index in [0.29, 0.717) is 30.0 Å². The monoisotopic (exact) mass is 300 g/mol. The summed E-state index contributed by atoms with van der Waals surface area (Å²) < 4.78 is 26.6. The summed E-state index contributed by atoms with van der Waals surface area (Å²) >= 11 is 5.90. The maximum absolute atomic E-state index is 12.0. The van der Waals surface area contributed by atoms with Crippen LogP contribution in [0.3, 0.4) is 0 Å². The van der Waals surface area contributed by atoms with Crippen molar-refractivity contribution >= 4 is 27.3 Å². The molecule has 1 aromatic rings. The Balaban J connectivity index is 2.76. The zero-order valence-electron chi connectivity index (χ0n) is 10.7. The molecule has 0 bridgehead atoms. The summed E-state index contributed by atoms with van der Waals surface area (Å²) in [7, 11) is -3.55. The minimum atomic E-state index is -3.55. The number of rotatable bonds is 6. The summed E-state index contributed by atoms with van der Waals surface area (Å²) in [5.74, 6) is 2.51. The molecule has 0 spiro atoms. The molecule has 19 heavy (non-hydrogen) atoms. The third-order valence-electron chi connectivity index (χ3n) is 2.61. The lowest BCUT2D eigenvalue weighted by Crippen LogP contribution is -2.25. The SMILES string of the molecule is C#CCCCCNS(=O)(=O)c1cc(C)c(Cl)c(N)c1. The number of unbranched alkanes of at least 4 members (excludes halogenated alkanes) is 2. The van der Waals surface area contributed by atoms with E-state index in [4.69, 9.17) is 23.8 Å². The van der Waals surface area contributed by atoms with Crippen LogP contribution in [0.1, 0.15) is 24.8 Å². The minimum Gasteiger partial charge on any atom is -0.397 e. The smallest absolute Gasteiger partial charge is 0.240 e. The number of nitrogens with two attached hydrogens (primary N) is 1. The molecule has 0 atom stereocenters. The second kappa shape index (κ2) is 6.80. The standard InChI is InChI=1S/C13H17ClN2O2S/c1-3-4-5-6-7-16-19(17,18)11-8-10(2)13(14)12(15)9-11/h1,8-9,16H,4-7,15H2,2H3. The molecule has 4 nitrogen and oxygen atoms in total. The Hall–Kier alpha value is -1.22. The molecule has 0 aliphatic rings. The molecule has 0 aliphatic heterocycles. The average molecular weight is 301 g/mol. The molecule has 0 aliphatic carbocycles. The quantitative estimate of drug-likeness (QED) is 0.481. The van der Waals surface area contributed by atoms with Gasteiger partial charge >= 0.3 is 0 Å². The molecule has 3 N–H and O–H groups in total. The summed E-state index contributed by atoms with van der Waals surface area (Å²) in [5, 5.41) is 0.382. The van der Waals surface area contributed by atoms with E-state index in [1.807, 2.05) is 0 Å². The van der Waals surface area contributed by atoms with Crippen LogP contribution in [0.2, 0.25) is 5.02 Å². The number of anilines is 1. The topological polar surface area (TPSA) is 72.2 Å². The van der Waals surface area contributed by atoms with Crippen molar-refractivity contribution in [2.75, 3.05) is 12.3 Å². The van der Waals surface area contributed by atoms with Crippen LogP contribution in [0.5, 0.6) is 0 Å². The number of nitrogens with one attached hydrogen (secondary N) is 1. The van der Waals surface area contributed by atoms with Gasteiger partial charge < -0.3 is 5.73 Å². The average Bonchev–Trinajstić information content (AvgIpc) is 2.35. The molecule has 1 aromatic carbocycles. The maximum Gasteiger partial charge on any atom is 0.240 e. The third-order valence-corrected chi connectivity index (χ3v) is 4.56. The molecule has 6 heteroatoms. The Bertz CT molecular complexity index is 568. The normalized spacial score (nSPS) is 11.2. The number of sulfonamides is 1. The Labute approximate surface area is 119 Å². The fourth-order valence-electron chi connectivity index (χ4n) is 1.56. The second-order valence-corrected chi connectivity index (χ2v) is 6.35. The van der Waals surface area contributed by atoms with Crippen LogP contribution in [-0.4, -0.2) is 15.0 Å². The summed E-state index contributed by atoms with van der Waals surface area (Å²) in [4.78, 5) is 0.129. The number of hydrogen-bond donors (Lipinski definition) is 2. The van der Waals surface area contributed by atoms with E-state index >= 15 is 0 Å². The van der Waals surface area contributed by atoms with Gasteiger partial charge in [0, 0.05) is 13.0 Å². The van der Waals surface area contributed by atoms with Gasteiger partial charge in [-0.15, -0.1) is 12.3 Å². The molecule has 0 heterocycles.